The van der Waals surface area contributed by atoms with Crippen molar-refractivity contribution in [1.29, 1.82) is 0 Å². The first kappa shape index (κ1) is 18.9. The molecule has 2 amide bonds. The number of hydrogen-bond donors (Lipinski definition) is 1. The Morgan fingerprint density at radius 2 is 2.17 bits per heavy atom. The van der Waals surface area contributed by atoms with Crippen molar-refractivity contribution in [2.24, 2.45) is 0 Å². The summed E-state index contributed by atoms with van der Waals surface area (Å²) in [6.45, 7) is 3.86. The molecule has 0 radical (unpaired) electrons. The molecule has 0 bridgehead atoms. The molecule has 0 unspecified atom stereocenters. The number of imidazole rings is 1. The molecule has 3 aromatic rings. The van der Waals surface area contributed by atoms with Crippen molar-refractivity contribution in [3.8, 4) is 0 Å². The molecule has 9 nitrogen and oxygen atoms in total. The SMILES string of the molecule is Cc1cc(CNC(=O)c2cn3c(n2)CCN(C(=O)Cc2cccnc2)CC3)no1. The zero-order valence-electron chi connectivity index (χ0n) is 16.2. The first-order valence-corrected chi connectivity index (χ1v) is 9.51. The van der Waals surface area contributed by atoms with Crippen LogP contribution in [0.3, 0.4) is 0 Å². The molecule has 3 aromatic heterocycles. The number of carbonyl (C=O) groups excluding carboxylic acids is 2. The van der Waals surface area contributed by atoms with Crippen molar-refractivity contribution >= 4 is 11.8 Å². The van der Waals surface area contributed by atoms with Gasteiger partial charge in [-0.05, 0) is 18.6 Å². The lowest BCUT2D eigenvalue weighted by Gasteiger charge is -2.20. The van der Waals surface area contributed by atoms with Crippen LogP contribution in [-0.4, -0.2) is 49.5 Å². The Labute approximate surface area is 167 Å². The molecule has 0 saturated carbocycles. The Balaban J connectivity index is 1.34. The van der Waals surface area contributed by atoms with E-state index in [4.69, 9.17) is 4.52 Å². The lowest BCUT2D eigenvalue weighted by molar-refractivity contribution is -0.130. The smallest absolute Gasteiger partial charge is 0.271 e. The molecule has 0 aliphatic carbocycles. The third kappa shape index (κ3) is 4.50. The number of hydrogen-bond acceptors (Lipinski definition) is 6. The number of aryl methyl sites for hydroxylation is 1. The largest absolute Gasteiger partial charge is 0.361 e. The molecule has 9 heteroatoms. The molecule has 1 aliphatic heterocycles. The van der Waals surface area contributed by atoms with E-state index in [0.29, 0.717) is 49.6 Å². The van der Waals surface area contributed by atoms with Gasteiger partial charge in [0.2, 0.25) is 5.91 Å². The number of carbonyl (C=O) groups is 2. The van der Waals surface area contributed by atoms with Crippen molar-refractivity contribution < 1.29 is 14.1 Å². The summed E-state index contributed by atoms with van der Waals surface area (Å²) >= 11 is 0. The Morgan fingerprint density at radius 1 is 1.28 bits per heavy atom. The van der Waals surface area contributed by atoms with Crippen LogP contribution in [0.5, 0.6) is 0 Å². The molecule has 0 fully saturated rings. The van der Waals surface area contributed by atoms with E-state index >= 15 is 0 Å². The van der Waals surface area contributed by atoms with Crippen LogP contribution in [0.2, 0.25) is 0 Å². The third-order valence-corrected chi connectivity index (χ3v) is 4.85. The molecule has 0 aromatic carbocycles. The second kappa shape index (κ2) is 8.26. The van der Waals surface area contributed by atoms with Crippen LogP contribution in [0, 0.1) is 6.92 Å². The number of nitrogens with zero attached hydrogens (tertiary/aromatic N) is 5. The van der Waals surface area contributed by atoms with Gasteiger partial charge in [-0.15, -0.1) is 0 Å². The summed E-state index contributed by atoms with van der Waals surface area (Å²) < 4.78 is 6.94. The van der Waals surface area contributed by atoms with Gasteiger partial charge in [-0.25, -0.2) is 4.98 Å². The van der Waals surface area contributed by atoms with Gasteiger partial charge in [0.1, 0.15) is 23.0 Å². The number of amides is 2. The van der Waals surface area contributed by atoms with Crippen LogP contribution >= 0.6 is 0 Å². The zero-order chi connectivity index (χ0) is 20.2. The predicted octanol–water partition coefficient (Wildman–Crippen LogP) is 1.13. The van der Waals surface area contributed by atoms with Crippen molar-refractivity contribution in [1.82, 2.24) is 29.9 Å². The number of fused-ring (bicyclic) bond motifs is 1. The van der Waals surface area contributed by atoms with Crippen LogP contribution in [0.4, 0.5) is 0 Å². The number of nitrogens with one attached hydrogen (secondary N) is 1. The lowest BCUT2D eigenvalue weighted by atomic mass is 10.2. The van der Waals surface area contributed by atoms with Crippen molar-refractivity contribution in [3.63, 3.8) is 0 Å². The molecule has 4 rings (SSSR count). The van der Waals surface area contributed by atoms with Crippen molar-refractivity contribution in [2.75, 3.05) is 13.1 Å². The topological polar surface area (TPSA) is 106 Å². The minimum absolute atomic E-state index is 0.0737. The summed E-state index contributed by atoms with van der Waals surface area (Å²) in [5.41, 5.74) is 1.94. The maximum Gasteiger partial charge on any atom is 0.271 e. The monoisotopic (exact) mass is 394 g/mol. The van der Waals surface area contributed by atoms with Gasteiger partial charge >= 0.3 is 0 Å². The molecule has 1 N–H and O–H groups in total. The van der Waals surface area contributed by atoms with E-state index in [9.17, 15) is 9.59 Å². The quantitative estimate of drug-likeness (QED) is 0.695. The Kier molecular flexibility index (Phi) is 5.37. The van der Waals surface area contributed by atoms with E-state index in [2.05, 4.69) is 20.4 Å². The normalized spacial score (nSPS) is 13.6. The van der Waals surface area contributed by atoms with Gasteiger partial charge in [-0.3, -0.25) is 14.6 Å². The van der Waals surface area contributed by atoms with E-state index < -0.39 is 0 Å². The van der Waals surface area contributed by atoms with E-state index in [0.717, 1.165) is 11.4 Å². The van der Waals surface area contributed by atoms with E-state index in [1.807, 2.05) is 21.6 Å². The highest BCUT2D eigenvalue weighted by Crippen LogP contribution is 2.12. The highest BCUT2D eigenvalue weighted by atomic mass is 16.5. The maximum absolute atomic E-state index is 12.6. The molecule has 1 aliphatic rings. The second-order valence-electron chi connectivity index (χ2n) is 7.02. The van der Waals surface area contributed by atoms with Crippen LogP contribution in [-0.2, 0) is 30.7 Å². The van der Waals surface area contributed by atoms with Gasteiger partial charge in [0.25, 0.3) is 5.91 Å². The summed E-state index contributed by atoms with van der Waals surface area (Å²) in [6.07, 6.45) is 6.10. The summed E-state index contributed by atoms with van der Waals surface area (Å²) in [4.78, 5) is 35.3. The second-order valence-corrected chi connectivity index (χ2v) is 7.02. The maximum atomic E-state index is 12.6. The zero-order valence-corrected chi connectivity index (χ0v) is 16.2. The van der Waals surface area contributed by atoms with Gasteiger partial charge in [0, 0.05) is 50.7 Å². The fraction of sp³-hybridized carbons (Fsp3) is 0.350. The van der Waals surface area contributed by atoms with Crippen LogP contribution in [0.15, 0.2) is 41.3 Å². The average molecular weight is 394 g/mol. The van der Waals surface area contributed by atoms with Crippen LogP contribution < -0.4 is 5.32 Å². The standard InChI is InChI=1S/C20H22N6O3/c1-14-9-16(24-29-14)12-22-20(28)17-13-26-8-7-25(6-4-18(26)23-17)19(27)10-15-3-2-5-21-11-15/h2-3,5,9,11,13H,4,6-8,10,12H2,1H3,(H,22,28). The van der Waals surface area contributed by atoms with Crippen molar-refractivity contribution in [2.45, 2.75) is 32.9 Å². The molecule has 29 heavy (non-hydrogen) atoms. The molecule has 0 spiro atoms. The Bertz CT molecular complexity index is 985. The van der Waals surface area contributed by atoms with E-state index in [1.165, 1.54) is 0 Å². The first-order valence-electron chi connectivity index (χ1n) is 9.51. The Hall–Kier alpha value is -3.49. The minimum Gasteiger partial charge on any atom is -0.361 e. The van der Waals surface area contributed by atoms with E-state index in [1.54, 1.807) is 31.6 Å². The van der Waals surface area contributed by atoms with Gasteiger partial charge in [0.15, 0.2) is 0 Å². The third-order valence-electron chi connectivity index (χ3n) is 4.85. The summed E-state index contributed by atoms with van der Waals surface area (Å²) in [6, 6.07) is 5.51. The predicted molar refractivity (Wildman–Crippen MR) is 103 cm³/mol. The van der Waals surface area contributed by atoms with Gasteiger partial charge in [-0.1, -0.05) is 11.2 Å². The van der Waals surface area contributed by atoms with E-state index in [-0.39, 0.29) is 18.4 Å². The molecule has 0 atom stereocenters. The first-order chi connectivity index (χ1) is 14.1. The molecule has 0 saturated heterocycles. The van der Waals surface area contributed by atoms with Gasteiger partial charge in [-0.2, -0.15) is 0 Å². The highest BCUT2D eigenvalue weighted by molar-refractivity contribution is 5.92. The summed E-state index contributed by atoms with van der Waals surface area (Å²) in [5, 5.41) is 6.66. The van der Waals surface area contributed by atoms with Crippen molar-refractivity contribution in [3.05, 3.63) is 65.3 Å². The Morgan fingerprint density at radius 3 is 2.93 bits per heavy atom. The average Bonchev–Trinajstić information content (AvgIpc) is 3.27. The molecule has 4 heterocycles. The number of rotatable bonds is 5. The fourth-order valence-electron chi connectivity index (χ4n) is 3.33. The minimum atomic E-state index is -0.254. The van der Waals surface area contributed by atoms with Gasteiger partial charge < -0.3 is 19.3 Å². The molecular formula is C20H22N6O3. The summed E-state index contributed by atoms with van der Waals surface area (Å²) in [7, 11) is 0. The van der Waals surface area contributed by atoms with Gasteiger partial charge in [0.05, 0.1) is 13.0 Å². The number of pyridine rings is 1. The molecular weight excluding hydrogens is 372 g/mol. The fourth-order valence-corrected chi connectivity index (χ4v) is 3.33. The molecule has 150 valence electrons. The summed E-state index contributed by atoms with van der Waals surface area (Å²) in [5.74, 6) is 1.33. The lowest BCUT2D eigenvalue weighted by Crippen LogP contribution is -2.34. The van der Waals surface area contributed by atoms with Crippen LogP contribution in [0.25, 0.3) is 0 Å². The number of aromatic nitrogens is 4. The van der Waals surface area contributed by atoms with Crippen LogP contribution in [0.1, 0.15) is 33.3 Å². The highest BCUT2D eigenvalue weighted by Gasteiger charge is 2.22.